The lowest BCUT2D eigenvalue weighted by atomic mass is 10.0. The smallest absolute Gasteiger partial charge is 0.261 e. The van der Waals surface area contributed by atoms with Crippen LogP contribution in [0.15, 0.2) is 28.2 Å². The van der Waals surface area contributed by atoms with E-state index in [9.17, 15) is 4.79 Å². The van der Waals surface area contributed by atoms with E-state index in [2.05, 4.69) is 15.9 Å². The lowest BCUT2D eigenvalue weighted by Gasteiger charge is -2.13. The molecule has 0 saturated carbocycles. The third-order valence-corrected chi connectivity index (χ3v) is 3.26. The van der Waals surface area contributed by atoms with Gasteiger partial charge in [0.1, 0.15) is 17.7 Å². The van der Waals surface area contributed by atoms with Gasteiger partial charge in [-0.05, 0) is 25.1 Å². The summed E-state index contributed by atoms with van der Waals surface area (Å²) in [6.07, 6.45) is 0. The van der Waals surface area contributed by atoms with Crippen LogP contribution in [-0.2, 0) is 4.79 Å². The number of hydrogen-bond acceptors (Lipinski definition) is 3. The Bertz CT molecular complexity index is 633. The van der Waals surface area contributed by atoms with Crippen molar-refractivity contribution in [1.82, 2.24) is 0 Å². The molecule has 0 fully saturated rings. The average Bonchev–Trinajstić information content (AvgIpc) is 2.63. The number of amides is 1. The van der Waals surface area contributed by atoms with Crippen molar-refractivity contribution in [3.63, 3.8) is 0 Å². The summed E-state index contributed by atoms with van der Waals surface area (Å²) < 4.78 is 0.805. The molecule has 4 nitrogen and oxygen atoms in total. The summed E-state index contributed by atoms with van der Waals surface area (Å²) in [7, 11) is 0. The van der Waals surface area contributed by atoms with Crippen molar-refractivity contribution in [3.8, 4) is 12.1 Å². The second-order valence-corrected chi connectivity index (χ2v) is 4.60. The van der Waals surface area contributed by atoms with Gasteiger partial charge < -0.3 is 4.90 Å². The minimum absolute atomic E-state index is 0.143. The Kier molecular flexibility index (Phi) is 3.18. The van der Waals surface area contributed by atoms with Crippen LogP contribution < -0.4 is 4.90 Å². The maximum absolute atomic E-state index is 12.2. The largest absolute Gasteiger partial charge is 0.308 e. The molecule has 0 atom stereocenters. The van der Waals surface area contributed by atoms with Crippen LogP contribution in [-0.4, -0.2) is 12.5 Å². The lowest BCUT2D eigenvalue weighted by Crippen LogP contribution is -2.25. The molecule has 0 unspecified atom stereocenters. The first kappa shape index (κ1) is 12.3. The van der Waals surface area contributed by atoms with Gasteiger partial charge in [0.05, 0.1) is 11.3 Å². The molecule has 1 amide bonds. The standard InChI is InChI=1S/C13H8BrN3O/c1-2-17-11-4-3-9(14)5-10(11)12(13(17)18)8(6-15)7-16/h3-5H,2H2,1H3. The fourth-order valence-corrected chi connectivity index (χ4v) is 2.36. The highest BCUT2D eigenvalue weighted by Crippen LogP contribution is 2.39. The van der Waals surface area contributed by atoms with Gasteiger partial charge >= 0.3 is 0 Å². The molecule has 0 N–H and O–H groups in total. The Hall–Kier alpha value is -2.11. The van der Waals surface area contributed by atoms with Crippen molar-refractivity contribution in [2.75, 3.05) is 11.4 Å². The summed E-state index contributed by atoms with van der Waals surface area (Å²) in [5.41, 5.74) is 1.42. The molecule has 88 valence electrons. The van der Waals surface area contributed by atoms with Crippen LogP contribution in [0.3, 0.4) is 0 Å². The molecular formula is C13H8BrN3O. The second kappa shape index (κ2) is 4.64. The van der Waals surface area contributed by atoms with E-state index in [4.69, 9.17) is 10.5 Å². The Balaban J connectivity index is 2.79. The van der Waals surface area contributed by atoms with E-state index in [1.165, 1.54) is 0 Å². The minimum atomic E-state index is -0.288. The first-order valence-electron chi connectivity index (χ1n) is 5.30. The summed E-state index contributed by atoms with van der Waals surface area (Å²) in [5.74, 6) is -0.288. The third-order valence-electron chi connectivity index (χ3n) is 2.77. The highest BCUT2D eigenvalue weighted by molar-refractivity contribution is 9.10. The molecule has 2 rings (SSSR count). The van der Waals surface area contributed by atoms with Gasteiger partial charge in [-0.1, -0.05) is 15.9 Å². The molecule has 0 aromatic heterocycles. The molecule has 1 heterocycles. The second-order valence-electron chi connectivity index (χ2n) is 3.68. The van der Waals surface area contributed by atoms with Crippen molar-refractivity contribution in [2.24, 2.45) is 0 Å². The van der Waals surface area contributed by atoms with Crippen molar-refractivity contribution in [2.45, 2.75) is 6.92 Å². The van der Waals surface area contributed by atoms with E-state index in [0.717, 1.165) is 10.2 Å². The Morgan fingerprint density at radius 3 is 2.61 bits per heavy atom. The molecule has 1 aromatic carbocycles. The number of carbonyl (C=O) groups excluding carboxylic acids is 1. The van der Waals surface area contributed by atoms with Gasteiger partial charge in [0.25, 0.3) is 5.91 Å². The zero-order valence-corrected chi connectivity index (χ0v) is 11.2. The summed E-state index contributed by atoms with van der Waals surface area (Å²) >= 11 is 3.33. The number of nitriles is 2. The van der Waals surface area contributed by atoms with Gasteiger partial charge in [-0.3, -0.25) is 4.79 Å². The normalized spacial score (nSPS) is 13.0. The molecule has 0 spiro atoms. The fourth-order valence-electron chi connectivity index (χ4n) is 2.00. The SMILES string of the molecule is CCN1C(=O)C(=C(C#N)C#N)c2cc(Br)ccc21. The van der Waals surface area contributed by atoms with Gasteiger partial charge in [-0.15, -0.1) is 0 Å². The number of carbonyl (C=O) groups is 1. The van der Waals surface area contributed by atoms with Crippen molar-refractivity contribution in [1.29, 1.82) is 10.5 Å². The minimum Gasteiger partial charge on any atom is -0.308 e. The maximum Gasteiger partial charge on any atom is 0.261 e. The first-order valence-corrected chi connectivity index (χ1v) is 6.09. The van der Waals surface area contributed by atoms with Gasteiger partial charge in [-0.2, -0.15) is 10.5 Å². The summed E-state index contributed by atoms with van der Waals surface area (Å²) in [5, 5.41) is 17.9. The zero-order valence-electron chi connectivity index (χ0n) is 9.57. The van der Waals surface area contributed by atoms with E-state index in [1.807, 2.05) is 13.0 Å². The molecular weight excluding hydrogens is 294 g/mol. The van der Waals surface area contributed by atoms with Gasteiger partial charge in [0, 0.05) is 16.6 Å². The van der Waals surface area contributed by atoms with Crippen LogP contribution in [0.5, 0.6) is 0 Å². The molecule has 0 bridgehead atoms. The molecule has 1 aliphatic rings. The zero-order chi connectivity index (χ0) is 13.3. The lowest BCUT2D eigenvalue weighted by molar-refractivity contribution is -0.113. The number of benzene rings is 1. The molecule has 0 radical (unpaired) electrons. The average molecular weight is 302 g/mol. The number of allylic oxidation sites excluding steroid dienone is 1. The number of hydrogen-bond donors (Lipinski definition) is 0. The first-order chi connectivity index (χ1) is 8.63. The van der Waals surface area contributed by atoms with Crippen molar-refractivity contribution in [3.05, 3.63) is 33.8 Å². The number of likely N-dealkylation sites (N-methyl/N-ethyl adjacent to an activating group) is 1. The summed E-state index contributed by atoms with van der Waals surface area (Å²) in [6.45, 7) is 2.35. The van der Waals surface area contributed by atoms with E-state index >= 15 is 0 Å². The van der Waals surface area contributed by atoms with E-state index in [0.29, 0.717) is 12.1 Å². The number of nitrogens with zero attached hydrogens (tertiary/aromatic N) is 3. The van der Waals surface area contributed by atoms with Gasteiger partial charge in [0.15, 0.2) is 0 Å². The highest BCUT2D eigenvalue weighted by Gasteiger charge is 2.34. The van der Waals surface area contributed by atoms with Crippen LogP contribution in [0, 0.1) is 22.7 Å². The maximum atomic E-state index is 12.2. The Labute approximate surface area is 113 Å². The Morgan fingerprint density at radius 2 is 2.06 bits per heavy atom. The van der Waals surface area contributed by atoms with Crippen molar-refractivity contribution >= 4 is 33.1 Å². The number of fused-ring (bicyclic) bond motifs is 1. The van der Waals surface area contributed by atoms with Crippen LogP contribution in [0.2, 0.25) is 0 Å². The number of anilines is 1. The van der Waals surface area contributed by atoms with E-state index in [-0.39, 0.29) is 17.1 Å². The fraction of sp³-hybridized carbons (Fsp3) is 0.154. The molecule has 1 aliphatic heterocycles. The van der Waals surface area contributed by atoms with Gasteiger partial charge in [0.2, 0.25) is 0 Å². The highest BCUT2D eigenvalue weighted by atomic mass is 79.9. The third kappa shape index (κ3) is 1.70. The van der Waals surface area contributed by atoms with Crippen LogP contribution in [0.4, 0.5) is 5.69 Å². The summed E-state index contributed by atoms with van der Waals surface area (Å²) in [6, 6.07) is 8.96. The number of halogens is 1. The molecule has 18 heavy (non-hydrogen) atoms. The van der Waals surface area contributed by atoms with Crippen molar-refractivity contribution < 1.29 is 4.79 Å². The topological polar surface area (TPSA) is 67.9 Å². The number of rotatable bonds is 1. The quantitative estimate of drug-likeness (QED) is 0.591. The van der Waals surface area contributed by atoms with E-state index < -0.39 is 0 Å². The monoisotopic (exact) mass is 301 g/mol. The summed E-state index contributed by atoms with van der Waals surface area (Å²) in [4.78, 5) is 13.8. The molecule has 0 aliphatic carbocycles. The predicted molar refractivity (Wildman–Crippen MR) is 70.3 cm³/mol. The van der Waals surface area contributed by atoms with Crippen LogP contribution in [0.25, 0.3) is 5.57 Å². The molecule has 5 heteroatoms. The van der Waals surface area contributed by atoms with Crippen LogP contribution >= 0.6 is 15.9 Å². The molecule has 1 aromatic rings. The van der Waals surface area contributed by atoms with Crippen LogP contribution in [0.1, 0.15) is 12.5 Å². The predicted octanol–water partition coefficient (Wildman–Crippen LogP) is 2.62. The molecule has 0 saturated heterocycles. The Morgan fingerprint density at radius 1 is 1.39 bits per heavy atom. The van der Waals surface area contributed by atoms with E-state index in [1.54, 1.807) is 29.2 Å². The van der Waals surface area contributed by atoms with Gasteiger partial charge in [-0.25, -0.2) is 0 Å².